The van der Waals surface area contributed by atoms with Gasteiger partial charge in [-0.25, -0.2) is 0 Å². The first kappa shape index (κ1) is 13.1. The Kier molecular flexibility index (Phi) is 4.40. The molecule has 2 aromatic rings. The van der Waals surface area contributed by atoms with Gasteiger partial charge in [0.1, 0.15) is 0 Å². The Labute approximate surface area is 114 Å². The van der Waals surface area contributed by atoms with Crippen molar-refractivity contribution in [1.82, 2.24) is 5.32 Å². The zero-order valence-electron chi connectivity index (χ0n) is 10.8. The van der Waals surface area contributed by atoms with E-state index in [0.29, 0.717) is 0 Å². The van der Waals surface area contributed by atoms with Crippen LogP contribution in [-0.2, 0) is 6.42 Å². The van der Waals surface area contributed by atoms with E-state index < -0.39 is 0 Å². The second-order valence-corrected chi connectivity index (χ2v) is 4.76. The zero-order chi connectivity index (χ0) is 13.0. The van der Waals surface area contributed by atoms with Crippen LogP contribution < -0.4 is 5.32 Å². The lowest BCUT2D eigenvalue weighted by molar-refractivity contribution is 0.684. The van der Waals surface area contributed by atoms with Gasteiger partial charge in [0, 0.05) is 5.02 Å². The Morgan fingerprint density at radius 3 is 2.33 bits per heavy atom. The van der Waals surface area contributed by atoms with E-state index in [-0.39, 0.29) is 6.04 Å². The number of halogens is 1. The largest absolute Gasteiger partial charge is 0.309 e. The first-order chi connectivity index (χ1) is 8.76. The SMILES string of the molecule is CCc1ccccc1C(NC)c1ccc(Cl)cc1. The molecule has 94 valence electrons. The molecule has 1 unspecified atom stereocenters. The van der Waals surface area contributed by atoms with Gasteiger partial charge < -0.3 is 5.32 Å². The molecule has 2 aromatic carbocycles. The van der Waals surface area contributed by atoms with Crippen LogP contribution in [0.15, 0.2) is 48.5 Å². The second kappa shape index (κ2) is 6.03. The van der Waals surface area contributed by atoms with E-state index in [9.17, 15) is 0 Å². The lowest BCUT2D eigenvalue weighted by Crippen LogP contribution is -2.19. The number of hydrogen-bond acceptors (Lipinski definition) is 1. The second-order valence-electron chi connectivity index (χ2n) is 4.33. The number of benzene rings is 2. The highest BCUT2D eigenvalue weighted by atomic mass is 35.5. The van der Waals surface area contributed by atoms with Gasteiger partial charge in [0.15, 0.2) is 0 Å². The quantitative estimate of drug-likeness (QED) is 0.867. The Balaban J connectivity index is 2.41. The Morgan fingerprint density at radius 1 is 1.06 bits per heavy atom. The smallest absolute Gasteiger partial charge is 0.0577 e. The molecule has 2 rings (SSSR count). The van der Waals surface area contributed by atoms with Gasteiger partial charge in [-0.3, -0.25) is 0 Å². The first-order valence-electron chi connectivity index (χ1n) is 6.26. The molecule has 0 spiro atoms. The summed E-state index contributed by atoms with van der Waals surface area (Å²) < 4.78 is 0. The van der Waals surface area contributed by atoms with Gasteiger partial charge >= 0.3 is 0 Å². The minimum Gasteiger partial charge on any atom is -0.309 e. The van der Waals surface area contributed by atoms with Gasteiger partial charge in [-0.1, -0.05) is 54.9 Å². The van der Waals surface area contributed by atoms with Crippen molar-refractivity contribution < 1.29 is 0 Å². The molecule has 0 heterocycles. The standard InChI is InChI=1S/C16H18ClN/c1-3-12-6-4-5-7-15(12)16(18-2)13-8-10-14(17)11-9-13/h4-11,16,18H,3H2,1-2H3. The summed E-state index contributed by atoms with van der Waals surface area (Å²) in [7, 11) is 1.99. The molecule has 1 N–H and O–H groups in total. The van der Waals surface area contributed by atoms with Crippen LogP contribution in [0.3, 0.4) is 0 Å². The average Bonchev–Trinajstić information content (AvgIpc) is 2.42. The minimum absolute atomic E-state index is 0.221. The van der Waals surface area contributed by atoms with E-state index in [1.54, 1.807) is 0 Å². The van der Waals surface area contributed by atoms with E-state index in [0.717, 1.165) is 11.4 Å². The molecule has 0 amide bonds. The maximum atomic E-state index is 5.94. The van der Waals surface area contributed by atoms with Crippen molar-refractivity contribution in [2.24, 2.45) is 0 Å². The van der Waals surface area contributed by atoms with Gasteiger partial charge in [0.05, 0.1) is 6.04 Å². The van der Waals surface area contributed by atoms with Crippen molar-refractivity contribution in [2.75, 3.05) is 7.05 Å². The van der Waals surface area contributed by atoms with E-state index in [1.165, 1.54) is 16.7 Å². The third kappa shape index (κ3) is 2.74. The molecule has 0 bridgehead atoms. The van der Waals surface area contributed by atoms with Crippen LogP contribution in [0.2, 0.25) is 5.02 Å². The van der Waals surface area contributed by atoms with Crippen LogP contribution in [0.1, 0.15) is 29.7 Å². The molecular formula is C16H18ClN. The summed E-state index contributed by atoms with van der Waals surface area (Å²) in [6.07, 6.45) is 1.04. The fourth-order valence-electron chi connectivity index (χ4n) is 2.29. The molecule has 0 fully saturated rings. The molecule has 18 heavy (non-hydrogen) atoms. The molecule has 1 nitrogen and oxygen atoms in total. The van der Waals surface area contributed by atoms with Crippen LogP contribution in [-0.4, -0.2) is 7.05 Å². The molecular weight excluding hydrogens is 242 g/mol. The van der Waals surface area contributed by atoms with E-state index in [1.807, 2.05) is 19.2 Å². The van der Waals surface area contributed by atoms with Crippen LogP contribution in [0, 0.1) is 0 Å². The highest BCUT2D eigenvalue weighted by molar-refractivity contribution is 6.30. The maximum absolute atomic E-state index is 5.94. The molecule has 0 aromatic heterocycles. The fourth-order valence-corrected chi connectivity index (χ4v) is 2.42. The van der Waals surface area contributed by atoms with Gasteiger partial charge in [0.2, 0.25) is 0 Å². The van der Waals surface area contributed by atoms with Crippen molar-refractivity contribution in [3.63, 3.8) is 0 Å². The normalized spacial score (nSPS) is 12.4. The van der Waals surface area contributed by atoms with Crippen molar-refractivity contribution in [3.8, 4) is 0 Å². The van der Waals surface area contributed by atoms with E-state index in [4.69, 9.17) is 11.6 Å². The Morgan fingerprint density at radius 2 is 1.72 bits per heavy atom. The van der Waals surface area contributed by atoms with Crippen LogP contribution in [0.5, 0.6) is 0 Å². The maximum Gasteiger partial charge on any atom is 0.0577 e. The van der Waals surface area contributed by atoms with E-state index in [2.05, 4.69) is 48.6 Å². The highest BCUT2D eigenvalue weighted by Gasteiger charge is 2.14. The third-order valence-electron chi connectivity index (χ3n) is 3.24. The van der Waals surface area contributed by atoms with Crippen LogP contribution in [0.25, 0.3) is 0 Å². The lowest BCUT2D eigenvalue weighted by Gasteiger charge is -2.20. The van der Waals surface area contributed by atoms with Gasteiger partial charge in [0.25, 0.3) is 0 Å². The Bertz CT molecular complexity index is 505. The first-order valence-corrected chi connectivity index (χ1v) is 6.64. The van der Waals surface area contributed by atoms with Crippen molar-refractivity contribution in [3.05, 3.63) is 70.2 Å². The molecule has 0 radical (unpaired) electrons. The summed E-state index contributed by atoms with van der Waals surface area (Å²) in [5.74, 6) is 0. The predicted octanol–water partition coefficient (Wildman–Crippen LogP) is 4.21. The lowest BCUT2D eigenvalue weighted by atomic mass is 9.93. The number of rotatable bonds is 4. The Hall–Kier alpha value is -1.31. The van der Waals surface area contributed by atoms with Crippen molar-refractivity contribution in [1.29, 1.82) is 0 Å². The van der Waals surface area contributed by atoms with E-state index >= 15 is 0 Å². The summed E-state index contributed by atoms with van der Waals surface area (Å²) in [5, 5.41) is 4.16. The molecule has 0 aliphatic carbocycles. The summed E-state index contributed by atoms with van der Waals surface area (Å²) in [6.45, 7) is 2.19. The fraction of sp³-hybridized carbons (Fsp3) is 0.250. The minimum atomic E-state index is 0.221. The molecule has 0 saturated carbocycles. The number of nitrogens with one attached hydrogen (secondary N) is 1. The molecule has 0 aliphatic heterocycles. The monoisotopic (exact) mass is 259 g/mol. The average molecular weight is 260 g/mol. The number of aryl methyl sites for hydroxylation is 1. The van der Waals surface area contributed by atoms with Gasteiger partial charge in [-0.15, -0.1) is 0 Å². The molecule has 0 aliphatic rings. The molecule has 0 saturated heterocycles. The third-order valence-corrected chi connectivity index (χ3v) is 3.49. The van der Waals surface area contributed by atoms with Crippen LogP contribution in [0.4, 0.5) is 0 Å². The summed E-state index contributed by atoms with van der Waals surface area (Å²) in [5.41, 5.74) is 3.96. The van der Waals surface area contributed by atoms with Gasteiger partial charge in [-0.2, -0.15) is 0 Å². The number of hydrogen-bond donors (Lipinski definition) is 1. The van der Waals surface area contributed by atoms with Crippen LogP contribution >= 0.6 is 11.6 Å². The highest BCUT2D eigenvalue weighted by Crippen LogP contribution is 2.26. The summed E-state index contributed by atoms with van der Waals surface area (Å²) in [6, 6.07) is 16.8. The zero-order valence-corrected chi connectivity index (χ0v) is 11.5. The molecule has 2 heteroatoms. The van der Waals surface area contributed by atoms with Gasteiger partial charge in [-0.05, 0) is 42.3 Å². The predicted molar refractivity (Wildman–Crippen MR) is 78.2 cm³/mol. The van der Waals surface area contributed by atoms with Crippen molar-refractivity contribution >= 4 is 11.6 Å². The summed E-state index contributed by atoms with van der Waals surface area (Å²) in [4.78, 5) is 0. The summed E-state index contributed by atoms with van der Waals surface area (Å²) >= 11 is 5.94. The molecule has 1 atom stereocenters. The topological polar surface area (TPSA) is 12.0 Å². The van der Waals surface area contributed by atoms with Crippen molar-refractivity contribution in [2.45, 2.75) is 19.4 Å².